The maximum Gasteiger partial charge on any atom is 0.334 e. The van der Waals surface area contributed by atoms with Crippen LogP contribution in [0.3, 0.4) is 0 Å². The van der Waals surface area contributed by atoms with E-state index in [9.17, 15) is 23.2 Å². The van der Waals surface area contributed by atoms with Gasteiger partial charge in [-0.3, -0.25) is 14.2 Å². The Morgan fingerprint density at radius 3 is 2.36 bits per heavy atom. The molecule has 3 N–H and O–H groups in total. The van der Waals surface area contributed by atoms with Gasteiger partial charge in [0.25, 0.3) is 11.5 Å². The van der Waals surface area contributed by atoms with Crippen molar-refractivity contribution in [2.24, 2.45) is 12.8 Å². The third-order valence-corrected chi connectivity index (χ3v) is 3.29. The Morgan fingerprint density at radius 2 is 1.88 bits per heavy atom. The summed E-state index contributed by atoms with van der Waals surface area (Å²) in [6, 6.07) is 4.10. The van der Waals surface area contributed by atoms with Gasteiger partial charge in [-0.1, -0.05) is 19.9 Å². The molecule has 0 saturated heterocycles. The lowest BCUT2D eigenvalue weighted by atomic mass is 10.2. The molecule has 0 aliphatic carbocycles. The van der Waals surface area contributed by atoms with Crippen LogP contribution in [0, 0.1) is 12.7 Å². The van der Waals surface area contributed by atoms with Crippen molar-refractivity contribution in [1.29, 1.82) is 0 Å². The molecule has 0 aliphatic rings. The monoisotopic (exact) mass is 354 g/mol. The van der Waals surface area contributed by atoms with Gasteiger partial charge in [-0.15, -0.1) is 0 Å². The smallest absolute Gasteiger partial charge is 0.334 e. The van der Waals surface area contributed by atoms with Crippen LogP contribution in [0.4, 0.5) is 20.3 Å². The Bertz CT molecular complexity index is 903. The minimum atomic E-state index is -1.33. The van der Waals surface area contributed by atoms with E-state index in [4.69, 9.17) is 5.73 Å². The van der Waals surface area contributed by atoms with E-state index in [2.05, 4.69) is 5.32 Å². The lowest BCUT2D eigenvalue weighted by molar-refractivity contribution is 0.0998. The van der Waals surface area contributed by atoms with Crippen LogP contribution in [0.5, 0.6) is 0 Å². The lowest BCUT2D eigenvalue weighted by Gasteiger charge is -2.16. The molecule has 1 heterocycles. The second-order valence-corrected chi connectivity index (χ2v) is 4.89. The van der Waals surface area contributed by atoms with Crippen LogP contribution in [0.25, 0.3) is 0 Å². The normalized spacial score (nSPS) is 10.0. The summed E-state index contributed by atoms with van der Waals surface area (Å²) < 4.78 is 28.2. The van der Waals surface area contributed by atoms with Gasteiger partial charge in [-0.25, -0.2) is 18.1 Å². The van der Waals surface area contributed by atoms with Crippen molar-refractivity contribution in [2.45, 2.75) is 27.6 Å². The van der Waals surface area contributed by atoms with E-state index < -0.39 is 41.2 Å². The molecule has 136 valence electrons. The van der Waals surface area contributed by atoms with Gasteiger partial charge >= 0.3 is 5.69 Å². The maximum atomic E-state index is 13.9. The fourth-order valence-electron chi connectivity index (χ4n) is 2.08. The van der Waals surface area contributed by atoms with Crippen LogP contribution in [-0.2, 0) is 13.8 Å². The lowest BCUT2D eigenvalue weighted by Crippen LogP contribution is -2.43. The molecular formula is C16H20F2N4O3. The van der Waals surface area contributed by atoms with Gasteiger partial charge in [0.2, 0.25) is 0 Å². The Balaban J connectivity index is 0.00000151. The van der Waals surface area contributed by atoms with Crippen molar-refractivity contribution < 1.29 is 13.6 Å². The number of rotatable bonds is 4. The summed E-state index contributed by atoms with van der Waals surface area (Å²) in [5.41, 5.74) is 3.02. The molecule has 1 aromatic heterocycles. The minimum absolute atomic E-state index is 0.132. The number of aryl methyl sites for hydroxylation is 1. The average molecular weight is 354 g/mol. The number of hydrogen-bond donors (Lipinski definition) is 2. The highest BCUT2D eigenvalue weighted by Gasteiger charge is 2.22. The molecule has 0 fully saturated rings. The van der Waals surface area contributed by atoms with Crippen LogP contribution in [0.15, 0.2) is 27.8 Å². The van der Waals surface area contributed by atoms with Crippen LogP contribution < -0.4 is 22.3 Å². The Hall–Kier alpha value is -2.97. The SMILES string of the molecule is CC.Cc1ccc(Nc2c(C(N)=O)c(=O)n(C)c(=O)n2CF)c(F)c1. The van der Waals surface area contributed by atoms with E-state index in [1.165, 1.54) is 12.1 Å². The molecule has 9 heteroatoms. The number of nitrogens with zero attached hydrogens (tertiary/aromatic N) is 2. The molecule has 2 aromatic rings. The van der Waals surface area contributed by atoms with E-state index in [0.29, 0.717) is 14.7 Å². The Labute approximate surface area is 142 Å². The quantitative estimate of drug-likeness (QED) is 0.874. The van der Waals surface area contributed by atoms with Crippen LogP contribution in [0.2, 0.25) is 0 Å². The number of nitrogens with two attached hydrogens (primary N) is 1. The van der Waals surface area contributed by atoms with Crippen LogP contribution in [-0.4, -0.2) is 15.0 Å². The maximum absolute atomic E-state index is 13.9. The largest absolute Gasteiger partial charge is 0.365 e. The number of aromatic nitrogens is 2. The highest BCUT2D eigenvalue weighted by Crippen LogP contribution is 2.21. The number of alkyl halides is 1. The number of carbonyl (C=O) groups is 1. The van der Waals surface area contributed by atoms with E-state index >= 15 is 0 Å². The summed E-state index contributed by atoms with van der Waals surface area (Å²) >= 11 is 0. The molecule has 0 aliphatic heterocycles. The zero-order chi connectivity index (χ0) is 19.3. The summed E-state index contributed by atoms with van der Waals surface area (Å²) in [5.74, 6) is -2.35. The van der Waals surface area contributed by atoms with E-state index in [-0.39, 0.29) is 5.69 Å². The Kier molecular flexibility index (Phi) is 6.60. The van der Waals surface area contributed by atoms with E-state index in [0.717, 1.165) is 7.05 Å². The third-order valence-electron chi connectivity index (χ3n) is 3.29. The molecule has 0 unspecified atom stereocenters. The number of carbonyl (C=O) groups excluding carboxylic acids is 1. The molecule has 7 nitrogen and oxygen atoms in total. The fraction of sp³-hybridized carbons (Fsp3) is 0.312. The fourth-order valence-corrected chi connectivity index (χ4v) is 2.08. The molecule has 1 aromatic carbocycles. The number of primary amides is 1. The molecule has 0 bridgehead atoms. The number of anilines is 2. The summed E-state index contributed by atoms with van der Waals surface area (Å²) in [6.45, 7) is 4.33. The summed E-state index contributed by atoms with van der Waals surface area (Å²) in [7, 11) is 1.08. The van der Waals surface area contributed by atoms with E-state index in [1.54, 1.807) is 13.0 Å². The summed E-state index contributed by atoms with van der Waals surface area (Å²) in [4.78, 5) is 35.5. The van der Waals surface area contributed by atoms with Crippen molar-refractivity contribution >= 4 is 17.4 Å². The first-order chi connectivity index (χ1) is 11.8. The van der Waals surface area contributed by atoms with Crippen LogP contribution in [0.1, 0.15) is 29.8 Å². The second-order valence-electron chi connectivity index (χ2n) is 4.89. The van der Waals surface area contributed by atoms with Crippen molar-refractivity contribution in [1.82, 2.24) is 9.13 Å². The minimum Gasteiger partial charge on any atom is -0.365 e. The average Bonchev–Trinajstić information content (AvgIpc) is 2.57. The molecule has 25 heavy (non-hydrogen) atoms. The molecule has 1 amide bonds. The molecule has 0 saturated carbocycles. The van der Waals surface area contributed by atoms with Gasteiger partial charge in [0, 0.05) is 7.05 Å². The highest BCUT2D eigenvalue weighted by molar-refractivity contribution is 5.98. The number of nitrogens with one attached hydrogen (secondary N) is 1. The van der Waals surface area contributed by atoms with Crippen molar-refractivity contribution in [3.05, 3.63) is 56.0 Å². The van der Waals surface area contributed by atoms with Crippen molar-refractivity contribution in [3.63, 3.8) is 0 Å². The van der Waals surface area contributed by atoms with Crippen molar-refractivity contribution in [3.8, 4) is 0 Å². The van der Waals surface area contributed by atoms with Gasteiger partial charge in [0.05, 0.1) is 5.69 Å². The van der Waals surface area contributed by atoms with Gasteiger partial charge in [-0.2, -0.15) is 0 Å². The Morgan fingerprint density at radius 1 is 1.28 bits per heavy atom. The topological polar surface area (TPSA) is 99.1 Å². The molecule has 0 atom stereocenters. The second kappa shape index (κ2) is 8.22. The van der Waals surface area contributed by atoms with Gasteiger partial charge in [0.15, 0.2) is 6.80 Å². The molecular weight excluding hydrogens is 334 g/mol. The zero-order valence-corrected chi connectivity index (χ0v) is 14.4. The molecule has 0 spiro atoms. The number of halogens is 2. The van der Waals surface area contributed by atoms with Crippen molar-refractivity contribution in [2.75, 3.05) is 5.32 Å². The highest BCUT2D eigenvalue weighted by atomic mass is 19.1. The standard InChI is InChI=1S/C14H14F2N4O3.C2H6/c1-7-3-4-9(8(16)5-7)18-12-10(11(17)21)13(22)19(2)14(23)20(12)6-15;1-2/h3-5,18H,6H2,1-2H3,(H2,17,21);1-2H3. The predicted molar refractivity (Wildman–Crippen MR) is 91.3 cm³/mol. The third kappa shape index (κ3) is 3.93. The van der Waals surface area contributed by atoms with Gasteiger partial charge in [0.1, 0.15) is 17.2 Å². The van der Waals surface area contributed by atoms with E-state index in [1.807, 2.05) is 13.8 Å². The first kappa shape index (κ1) is 20.1. The first-order valence-electron chi connectivity index (χ1n) is 7.50. The van der Waals surface area contributed by atoms with Gasteiger partial charge < -0.3 is 11.1 Å². The number of amides is 1. The zero-order valence-electron chi connectivity index (χ0n) is 14.4. The van der Waals surface area contributed by atoms with Crippen LogP contribution >= 0.6 is 0 Å². The summed E-state index contributed by atoms with van der Waals surface area (Å²) in [6.07, 6.45) is 0. The number of benzene rings is 1. The first-order valence-corrected chi connectivity index (χ1v) is 7.50. The predicted octanol–water partition coefficient (Wildman–Crippen LogP) is 1.79. The summed E-state index contributed by atoms with van der Waals surface area (Å²) in [5, 5.41) is 2.41. The number of hydrogen-bond acceptors (Lipinski definition) is 4. The molecule has 2 rings (SSSR count). The van der Waals surface area contributed by atoms with Gasteiger partial charge in [-0.05, 0) is 24.6 Å². The molecule has 0 radical (unpaired) electrons.